The molecule has 1 rings (SSSR count). The van der Waals surface area contributed by atoms with Gasteiger partial charge >= 0.3 is 0 Å². The molecule has 0 radical (unpaired) electrons. The molecule has 0 aliphatic rings. The van der Waals surface area contributed by atoms with Gasteiger partial charge in [-0.1, -0.05) is 12.1 Å². The van der Waals surface area contributed by atoms with Gasteiger partial charge in [0.1, 0.15) is 11.8 Å². The van der Waals surface area contributed by atoms with Crippen molar-refractivity contribution in [1.29, 1.82) is 0 Å². The number of hydrogen-bond acceptors (Lipinski definition) is 3. The first-order valence-electron chi connectivity index (χ1n) is 6.26. The van der Waals surface area contributed by atoms with Crippen molar-refractivity contribution in [3.05, 3.63) is 29.8 Å². The molecule has 0 saturated heterocycles. The van der Waals surface area contributed by atoms with E-state index in [0.29, 0.717) is 12.3 Å². The van der Waals surface area contributed by atoms with Gasteiger partial charge in [-0.15, -0.1) is 0 Å². The van der Waals surface area contributed by atoms with E-state index in [0.717, 1.165) is 5.56 Å². The second kappa shape index (κ2) is 7.41. The first kappa shape index (κ1) is 15.0. The molecule has 0 bridgehead atoms. The number of amides is 2. The Kier molecular flexibility index (Phi) is 5.85. The Bertz CT molecular complexity index is 446. The van der Waals surface area contributed by atoms with E-state index in [2.05, 4.69) is 10.6 Å². The summed E-state index contributed by atoms with van der Waals surface area (Å²) in [5.41, 5.74) is 0.847. The Balaban J connectivity index is 2.52. The molecule has 0 heterocycles. The van der Waals surface area contributed by atoms with Gasteiger partial charge in [0.2, 0.25) is 11.8 Å². The summed E-state index contributed by atoms with van der Waals surface area (Å²) in [7, 11) is 1.58. The first-order chi connectivity index (χ1) is 9.06. The van der Waals surface area contributed by atoms with Gasteiger partial charge in [-0.3, -0.25) is 9.59 Å². The zero-order valence-electron chi connectivity index (χ0n) is 11.5. The largest absolute Gasteiger partial charge is 0.497 e. The average molecular weight is 264 g/mol. The molecule has 0 fully saturated rings. The summed E-state index contributed by atoms with van der Waals surface area (Å²) >= 11 is 0. The molecular formula is C14H20N2O3. The lowest BCUT2D eigenvalue weighted by Gasteiger charge is -2.13. The van der Waals surface area contributed by atoms with E-state index < -0.39 is 6.04 Å². The Hall–Kier alpha value is -2.04. The highest BCUT2D eigenvalue weighted by atomic mass is 16.5. The minimum absolute atomic E-state index is 0.179. The SMILES string of the molecule is CCNC(=O)[C@H](C)NC(=O)Cc1cccc(OC)c1. The summed E-state index contributed by atoms with van der Waals surface area (Å²) in [4.78, 5) is 23.3. The summed E-state index contributed by atoms with van der Waals surface area (Å²) in [6, 6.07) is 6.76. The monoisotopic (exact) mass is 264 g/mol. The Morgan fingerprint density at radius 2 is 2.11 bits per heavy atom. The topological polar surface area (TPSA) is 67.4 Å². The molecule has 0 saturated carbocycles. The lowest BCUT2D eigenvalue weighted by Crippen LogP contribution is -2.45. The summed E-state index contributed by atoms with van der Waals surface area (Å²) in [6.07, 6.45) is 0.223. The molecule has 0 aromatic heterocycles. The molecule has 0 aliphatic heterocycles. The maximum absolute atomic E-state index is 11.8. The third-order valence-electron chi connectivity index (χ3n) is 2.62. The van der Waals surface area contributed by atoms with E-state index in [4.69, 9.17) is 4.74 Å². The van der Waals surface area contributed by atoms with Crippen molar-refractivity contribution in [3.63, 3.8) is 0 Å². The van der Waals surface area contributed by atoms with Gasteiger partial charge in [0.05, 0.1) is 13.5 Å². The number of carbonyl (C=O) groups excluding carboxylic acids is 2. The van der Waals surface area contributed by atoms with E-state index in [1.807, 2.05) is 25.1 Å². The van der Waals surface area contributed by atoms with Crippen molar-refractivity contribution in [3.8, 4) is 5.75 Å². The molecule has 104 valence electrons. The summed E-state index contributed by atoms with van der Waals surface area (Å²) in [5.74, 6) is 0.343. The van der Waals surface area contributed by atoms with Crippen LogP contribution in [0.25, 0.3) is 0 Å². The molecule has 2 amide bonds. The number of benzene rings is 1. The number of hydrogen-bond donors (Lipinski definition) is 2. The number of nitrogens with one attached hydrogen (secondary N) is 2. The standard InChI is InChI=1S/C14H20N2O3/c1-4-15-14(18)10(2)16-13(17)9-11-6-5-7-12(8-11)19-3/h5-8,10H,4,9H2,1-3H3,(H,15,18)(H,16,17)/t10-/m0/s1. The highest BCUT2D eigenvalue weighted by Crippen LogP contribution is 2.12. The predicted molar refractivity (Wildman–Crippen MR) is 73.0 cm³/mol. The molecule has 0 spiro atoms. The van der Waals surface area contributed by atoms with Crippen LogP contribution in [0.5, 0.6) is 5.75 Å². The van der Waals surface area contributed by atoms with Crippen LogP contribution in [0.1, 0.15) is 19.4 Å². The minimum Gasteiger partial charge on any atom is -0.497 e. The predicted octanol–water partition coefficient (Wildman–Crippen LogP) is 0.878. The summed E-state index contributed by atoms with van der Waals surface area (Å²) < 4.78 is 5.09. The molecule has 5 nitrogen and oxygen atoms in total. The van der Waals surface area contributed by atoms with Crippen molar-refractivity contribution < 1.29 is 14.3 Å². The van der Waals surface area contributed by atoms with Gasteiger partial charge in [-0.25, -0.2) is 0 Å². The minimum atomic E-state index is -0.530. The maximum atomic E-state index is 11.8. The quantitative estimate of drug-likeness (QED) is 0.801. The smallest absolute Gasteiger partial charge is 0.242 e. The van der Waals surface area contributed by atoms with E-state index in [-0.39, 0.29) is 18.2 Å². The van der Waals surface area contributed by atoms with Crippen LogP contribution >= 0.6 is 0 Å². The van der Waals surface area contributed by atoms with E-state index >= 15 is 0 Å². The van der Waals surface area contributed by atoms with Crippen molar-refractivity contribution in [2.45, 2.75) is 26.3 Å². The number of rotatable bonds is 6. The third kappa shape index (κ3) is 4.99. The molecule has 1 aromatic rings. The van der Waals surface area contributed by atoms with Crippen molar-refractivity contribution in [2.75, 3.05) is 13.7 Å². The van der Waals surface area contributed by atoms with Gasteiger partial charge in [0.25, 0.3) is 0 Å². The number of carbonyl (C=O) groups is 2. The fourth-order valence-corrected chi connectivity index (χ4v) is 1.65. The molecule has 1 atom stereocenters. The molecule has 0 aliphatic carbocycles. The van der Waals surface area contributed by atoms with Crippen molar-refractivity contribution in [2.24, 2.45) is 0 Å². The van der Waals surface area contributed by atoms with Crippen LogP contribution in [-0.4, -0.2) is 31.5 Å². The van der Waals surface area contributed by atoms with Gasteiger partial charge < -0.3 is 15.4 Å². The normalized spacial score (nSPS) is 11.5. The molecular weight excluding hydrogens is 244 g/mol. The van der Waals surface area contributed by atoms with Gasteiger partial charge in [0.15, 0.2) is 0 Å². The number of likely N-dealkylation sites (N-methyl/N-ethyl adjacent to an activating group) is 1. The lowest BCUT2D eigenvalue weighted by molar-refractivity contribution is -0.128. The van der Waals surface area contributed by atoms with Crippen LogP contribution < -0.4 is 15.4 Å². The second-order valence-electron chi connectivity index (χ2n) is 4.21. The van der Waals surface area contributed by atoms with Crippen LogP contribution in [-0.2, 0) is 16.0 Å². The Morgan fingerprint density at radius 3 is 2.74 bits per heavy atom. The van der Waals surface area contributed by atoms with Gasteiger partial charge in [-0.2, -0.15) is 0 Å². The zero-order valence-corrected chi connectivity index (χ0v) is 11.5. The molecule has 5 heteroatoms. The molecule has 19 heavy (non-hydrogen) atoms. The Labute approximate surface area is 113 Å². The fourth-order valence-electron chi connectivity index (χ4n) is 1.65. The van der Waals surface area contributed by atoms with E-state index in [1.165, 1.54) is 0 Å². The van der Waals surface area contributed by atoms with Crippen LogP contribution in [0.3, 0.4) is 0 Å². The number of methoxy groups -OCH3 is 1. The van der Waals surface area contributed by atoms with Gasteiger partial charge in [0, 0.05) is 6.54 Å². The van der Waals surface area contributed by atoms with Crippen molar-refractivity contribution >= 4 is 11.8 Å². The Morgan fingerprint density at radius 1 is 1.37 bits per heavy atom. The summed E-state index contributed by atoms with van der Waals surface area (Å²) in [5, 5.41) is 5.32. The van der Waals surface area contributed by atoms with E-state index in [9.17, 15) is 9.59 Å². The first-order valence-corrected chi connectivity index (χ1v) is 6.26. The van der Waals surface area contributed by atoms with Gasteiger partial charge in [-0.05, 0) is 31.5 Å². The third-order valence-corrected chi connectivity index (χ3v) is 2.62. The fraction of sp³-hybridized carbons (Fsp3) is 0.429. The molecule has 0 unspecified atom stereocenters. The van der Waals surface area contributed by atoms with Crippen LogP contribution in [0.4, 0.5) is 0 Å². The zero-order chi connectivity index (χ0) is 14.3. The summed E-state index contributed by atoms with van der Waals surface area (Å²) in [6.45, 7) is 4.05. The van der Waals surface area contributed by atoms with E-state index in [1.54, 1.807) is 20.1 Å². The second-order valence-corrected chi connectivity index (χ2v) is 4.21. The highest BCUT2D eigenvalue weighted by molar-refractivity contribution is 5.88. The van der Waals surface area contributed by atoms with Crippen molar-refractivity contribution in [1.82, 2.24) is 10.6 Å². The average Bonchev–Trinajstić information content (AvgIpc) is 2.39. The van der Waals surface area contributed by atoms with Crippen LogP contribution in [0, 0.1) is 0 Å². The van der Waals surface area contributed by atoms with Crippen LogP contribution in [0.15, 0.2) is 24.3 Å². The highest BCUT2D eigenvalue weighted by Gasteiger charge is 2.14. The molecule has 1 aromatic carbocycles. The van der Waals surface area contributed by atoms with Crippen LogP contribution in [0.2, 0.25) is 0 Å². The molecule has 2 N–H and O–H groups in total. The number of ether oxygens (including phenoxy) is 1. The maximum Gasteiger partial charge on any atom is 0.242 e. The lowest BCUT2D eigenvalue weighted by atomic mass is 10.1.